The van der Waals surface area contributed by atoms with Gasteiger partial charge in [0.15, 0.2) is 0 Å². The van der Waals surface area contributed by atoms with Crippen LogP contribution in [0.3, 0.4) is 0 Å². The predicted octanol–water partition coefficient (Wildman–Crippen LogP) is 5.58. The molecule has 0 radical (unpaired) electrons. The number of rotatable bonds is 5. The molecule has 0 heterocycles. The average molecular weight is 381 g/mol. The van der Waals surface area contributed by atoms with Gasteiger partial charge in [-0.05, 0) is 55.3 Å². The molecule has 0 saturated heterocycles. The van der Waals surface area contributed by atoms with Gasteiger partial charge in [-0.25, -0.2) is 9.18 Å². The summed E-state index contributed by atoms with van der Waals surface area (Å²) in [5.74, 6) is 0.385. The number of fused-ring (bicyclic) bond motifs is 1. The molecule has 0 unspecified atom stereocenters. The molecular weight excluding hydrogens is 357 g/mol. The van der Waals surface area contributed by atoms with E-state index in [1.54, 1.807) is 12.1 Å². The molecule has 0 spiro atoms. The zero-order chi connectivity index (χ0) is 20.1. The van der Waals surface area contributed by atoms with E-state index in [0.29, 0.717) is 12.4 Å². The van der Waals surface area contributed by atoms with Crippen LogP contribution in [0.2, 0.25) is 0 Å². The molecule has 3 rings (SSSR count). The number of amides is 1. The lowest BCUT2D eigenvalue weighted by Crippen LogP contribution is -2.32. The number of carbonyl (C=O) groups excluding carboxylic acids is 1. The summed E-state index contributed by atoms with van der Waals surface area (Å²) >= 11 is 0. The number of nitrogens with one attached hydrogen (secondary N) is 1. The van der Waals surface area contributed by atoms with E-state index < -0.39 is 11.7 Å². The summed E-state index contributed by atoms with van der Waals surface area (Å²) in [6, 6.07) is 18.0. The first-order valence-corrected chi connectivity index (χ1v) is 9.16. The van der Waals surface area contributed by atoms with Gasteiger partial charge in [0.25, 0.3) is 0 Å². The minimum atomic E-state index is -0.565. The highest BCUT2D eigenvalue weighted by molar-refractivity contribution is 5.88. The van der Waals surface area contributed by atoms with Crippen molar-refractivity contribution < 1.29 is 18.7 Å². The SMILES string of the molecule is CC(C)(C)OC(=O)NCc1c(OCc2ccc(F)cc2)ccc2ccccc12. The Balaban J connectivity index is 1.82. The molecule has 28 heavy (non-hydrogen) atoms. The fraction of sp³-hybridized carbons (Fsp3) is 0.261. The van der Waals surface area contributed by atoms with E-state index >= 15 is 0 Å². The monoisotopic (exact) mass is 381 g/mol. The molecule has 0 aliphatic rings. The molecule has 0 atom stereocenters. The van der Waals surface area contributed by atoms with Crippen molar-refractivity contribution >= 4 is 16.9 Å². The van der Waals surface area contributed by atoms with E-state index in [1.165, 1.54) is 12.1 Å². The zero-order valence-corrected chi connectivity index (χ0v) is 16.3. The molecule has 4 nitrogen and oxygen atoms in total. The first kappa shape index (κ1) is 19.7. The third kappa shape index (κ3) is 5.22. The fourth-order valence-corrected chi connectivity index (χ4v) is 2.85. The quantitative estimate of drug-likeness (QED) is 0.627. The van der Waals surface area contributed by atoms with Crippen molar-refractivity contribution in [1.29, 1.82) is 0 Å². The summed E-state index contributed by atoms with van der Waals surface area (Å²) in [6.07, 6.45) is -0.482. The van der Waals surface area contributed by atoms with Crippen molar-refractivity contribution in [3.8, 4) is 5.75 Å². The Hall–Kier alpha value is -3.08. The maximum Gasteiger partial charge on any atom is 0.407 e. The highest BCUT2D eigenvalue weighted by Gasteiger charge is 2.17. The Bertz CT molecular complexity index is 962. The molecule has 3 aromatic rings. The Labute approximate surface area is 164 Å². The van der Waals surface area contributed by atoms with Gasteiger partial charge in [0.2, 0.25) is 0 Å². The summed E-state index contributed by atoms with van der Waals surface area (Å²) in [4.78, 5) is 12.1. The van der Waals surface area contributed by atoms with E-state index in [1.807, 2.05) is 57.2 Å². The van der Waals surface area contributed by atoms with E-state index in [2.05, 4.69) is 5.32 Å². The molecule has 1 N–H and O–H groups in total. The molecule has 1 amide bonds. The van der Waals surface area contributed by atoms with Gasteiger partial charge in [0.05, 0.1) is 6.54 Å². The highest BCUT2D eigenvalue weighted by atomic mass is 19.1. The van der Waals surface area contributed by atoms with Crippen molar-refractivity contribution in [2.75, 3.05) is 0 Å². The molecular formula is C23H24FNO3. The number of benzene rings is 3. The number of alkyl carbamates (subject to hydrolysis) is 1. The lowest BCUT2D eigenvalue weighted by Gasteiger charge is -2.20. The van der Waals surface area contributed by atoms with Crippen molar-refractivity contribution in [2.24, 2.45) is 0 Å². The van der Waals surface area contributed by atoms with Gasteiger partial charge in [0.1, 0.15) is 23.8 Å². The molecule has 3 aromatic carbocycles. The van der Waals surface area contributed by atoms with Crippen molar-refractivity contribution in [3.05, 3.63) is 77.6 Å². The molecule has 0 aromatic heterocycles. The molecule has 146 valence electrons. The summed E-state index contributed by atoms with van der Waals surface area (Å²) < 4.78 is 24.4. The van der Waals surface area contributed by atoms with Crippen LogP contribution in [0.4, 0.5) is 9.18 Å². The highest BCUT2D eigenvalue weighted by Crippen LogP contribution is 2.29. The number of carbonyl (C=O) groups is 1. The first-order chi connectivity index (χ1) is 13.3. The largest absolute Gasteiger partial charge is 0.489 e. The first-order valence-electron chi connectivity index (χ1n) is 9.16. The van der Waals surface area contributed by atoms with Crippen LogP contribution in [0.1, 0.15) is 31.9 Å². The molecule has 0 aliphatic carbocycles. The average Bonchev–Trinajstić information content (AvgIpc) is 2.64. The predicted molar refractivity (Wildman–Crippen MR) is 108 cm³/mol. The second-order valence-corrected chi connectivity index (χ2v) is 7.53. The van der Waals surface area contributed by atoms with Crippen molar-refractivity contribution in [1.82, 2.24) is 5.32 Å². The molecule has 0 fully saturated rings. The third-order valence-electron chi connectivity index (χ3n) is 4.11. The van der Waals surface area contributed by atoms with Crippen LogP contribution in [0.25, 0.3) is 10.8 Å². The van der Waals surface area contributed by atoms with Crippen LogP contribution in [0.5, 0.6) is 5.75 Å². The minimum absolute atomic E-state index is 0.273. The summed E-state index contributed by atoms with van der Waals surface area (Å²) in [6.45, 7) is 6.04. The van der Waals surface area contributed by atoms with Crippen LogP contribution in [-0.2, 0) is 17.9 Å². The van der Waals surface area contributed by atoms with Crippen molar-refractivity contribution in [2.45, 2.75) is 39.5 Å². The third-order valence-corrected chi connectivity index (χ3v) is 4.11. The molecule has 0 saturated carbocycles. The van der Waals surface area contributed by atoms with E-state index in [0.717, 1.165) is 21.9 Å². The van der Waals surface area contributed by atoms with Crippen LogP contribution >= 0.6 is 0 Å². The van der Waals surface area contributed by atoms with Crippen LogP contribution < -0.4 is 10.1 Å². The van der Waals surface area contributed by atoms with Crippen LogP contribution in [0.15, 0.2) is 60.7 Å². The number of halogens is 1. The van der Waals surface area contributed by atoms with Crippen molar-refractivity contribution in [3.63, 3.8) is 0 Å². The summed E-state index contributed by atoms with van der Waals surface area (Å²) in [5, 5.41) is 4.85. The number of ether oxygens (including phenoxy) is 2. The molecule has 5 heteroatoms. The topological polar surface area (TPSA) is 47.6 Å². The normalized spacial score (nSPS) is 11.3. The number of hydrogen-bond acceptors (Lipinski definition) is 3. The second-order valence-electron chi connectivity index (χ2n) is 7.53. The maximum atomic E-state index is 13.1. The zero-order valence-electron chi connectivity index (χ0n) is 16.3. The van der Waals surface area contributed by atoms with E-state index in [-0.39, 0.29) is 12.4 Å². The number of hydrogen-bond donors (Lipinski definition) is 1. The summed E-state index contributed by atoms with van der Waals surface area (Å²) in [7, 11) is 0. The Morgan fingerprint density at radius 3 is 2.43 bits per heavy atom. The standard InChI is InChI=1S/C23H24FNO3/c1-23(2,3)28-22(26)25-14-20-19-7-5-4-6-17(19)10-13-21(20)27-15-16-8-11-18(24)12-9-16/h4-13H,14-15H2,1-3H3,(H,25,26). The summed E-state index contributed by atoms with van der Waals surface area (Å²) in [5.41, 5.74) is 1.16. The maximum absolute atomic E-state index is 13.1. The smallest absolute Gasteiger partial charge is 0.407 e. The van der Waals surface area contributed by atoms with Crippen LogP contribution in [-0.4, -0.2) is 11.7 Å². The van der Waals surface area contributed by atoms with Gasteiger partial charge in [0, 0.05) is 5.56 Å². The fourth-order valence-electron chi connectivity index (χ4n) is 2.85. The van der Waals surface area contributed by atoms with Gasteiger partial charge >= 0.3 is 6.09 Å². The van der Waals surface area contributed by atoms with Gasteiger partial charge in [-0.2, -0.15) is 0 Å². The van der Waals surface area contributed by atoms with Gasteiger partial charge < -0.3 is 14.8 Å². The minimum Gasteiger partial charge on any atom is -0.489 e. The molecule has 0 aliphatic heterocycles. The van der Waals surface area contributed by atoms with E-state index in [9.17, 15) is 9.18 Å². The van der Waals surface area contributed by atoms with Gasteiger partial charge in [-0.3, -0.25) is 0 Å². The van der Waals surface area contributed by atoms with Crippen LogP contribution in [0, 0.1) is 5.82 Å². The lowest BCUT2D eigenvalue weighted by molar-refractivity contribution is 0.0523. The lowest BCUT2D eigenvalue weighted by atomic mass is 10.0. The Morgan fingerprint density at radius 1 is 1.00 bits per heavy atom. The second kappa shape index (κ2) is 8.30. The molecule has 0 bridgehead atoms. The Morgan fingerprint density at radius 2 is 1.71 bits per heavy atom. The Kier molecular flexibility index (Phi) is 5.83. The van der Waals surface area contributed by atoms with Gasteiger partial charge in [-0.15, -0.1) is 0 Å². The van der Waals surface area contributed by atoms with Gasteiger partial charge in [-0.1, -0.05) is 42.5 Å². The van der Waals surface area contributed by atoms with E-state index in [4.69, 9.17) is 9.47 Å².